The van der Waals surface area contributed by atoms with Crippen LogP contribution >= 0.6 is 27.5 Å². The molecule has 0 spiro atoms. The first-order valence-corrected chi connectivity index (χ1v) is 7.26. The fraction of sp³-hybridized carbons (Fsp3) is 0.615. The van der Waals surface area contributed by atoms with E-state index in [1.54, 1.807) is 12.3 Å². The Morgan fingerprint density at radius 2 is 2.12 bits per heavy atom. The predicted octanol–water partition coefficient (Wildman–Crippen LogP) is 4.70. The first kappa shape index (κ1) is 13.2. The molecule has 17 heavy (non-hydrogen) atoms. The van der Waals surface area contributed by atoms with E-state index in [0.29, 0.717) is 11.1 Å². The summed E-state index contributed by atoms with van der Waals surface area (Å²) in [5.41, 5.74) is 0. The van der Waals surface area contributed by atoms with Crippen LogP contribution in [0.1, 0.15) is 32.6 Å². The summed E-state index contributed by atoms with van der Waals surface area (Å²) < 4.78 is 6.69. The Bertz CT molecular complexity index is 378. The Hall–Kier alpha value is -0.280. The maximum absolute atomic E-state index is 5.85. The van der Waals surface area contributed by atoms with Crippen molar-refractivity contribution in [3.05, 3.63) is 21.9 Å². The molecule has 0 atom stereocenters. The maximum Gasteiger partial charge on any atom is 0.138 e. The molecule has 2 rings (SSSR count). The third kappa shape index (κ3) is 3.85. The Morgan fingerprint density at radius 1 is 1.41 bits per heavy atom. The second-order valence-electron chi connectivity index (χ2n) is 4.87. The number of hydrogen-bond acceptors (Lipinski definition) is 2. The zero-order valence-electron chi connectivity index (χ0n) is 9.96. The van der Waals surface area contributed by atoms with Crippen molar-refractivity contribution in [2.24, 2.45) is 11.8 Å². The lowest BCUT2D eigenvalue weighted by atomic mass is 9.83. The van der Waals surface area contributed by atoms with Crippen molar-refractivity contribution >= 4 is 27.5 Å². The van der Waals surface area contributed by atoms with Gasteiger partial charge in [-0.15, -0.1) is 0 Å². The molecule has 0 bridgehead atoms. The van der Waals surface area contributed by atoms with Crippen molar-refractivity contribution in [3.63, 3.8) is 0 Å². The first-order valence-electron chi connectivity index (χ1n) is 6.09. The van der Waals surface area contributed by atoms with Gasteiger partial charge in [-0.3, -0.25) is 0 Å². The third-order valence-electron chi connectivity index (χ3n) is 3.40. The van der Waals surface area contributed by atoms with E-state index >= 15 is 0 Å². The minimum absolute atomic E-state index is 0.473. The molecule has 0 radical (unpaired) electrons. The average Bonchev–Trinajstić information content (AvgIpc) is 2.32. The minimum atomic E-state index is 0.473. The average molecular weight is 319 g/mol. The van der Waals surface area contributed by atoms with Gasteiger partial charge in [-0.25, -0.2) is 4.98 Å². The van der Waals surface area contributed by atoms with Crippen molar-refractivity contribution in [2.75, 3.05) is 6.61 Å². The van der Waals surface area contributed by atoms with Crippen LogP contribution in [-0.4, -0.2) is 11.6 Å². The Balaban J connectivity index is 1.87. The molecule has 0 aromatic carbocycles. The van der Waals surface area contributed by atoms with E-state index in [4.69, 9.17) is 16.3 Å². The standard InChI is InChI=1S/C13H17BrClNO/c1-9-2-4-10(5-3-9)8-17-12-6-13(15)16-7-11(12)14/h6-7,9-10H,2-5,8H2,1H3/t9-,10-. The van der Waals surface area contributed by atoms with Crippen LogP contribution < -0.4 is 4.74 Å². The summed E-state index contributed by atoms with van der Waals surface area (Å²) in [5, 5.41) is 0.473. The monoisotopic (exact) mass is 317 g/mol. The molecule has 94 valence electrons. The molecule has 0 unspecified atom stereocenters. The molecule has 1 heterocycles. The van der Waals surface area contributed by atoms with Gasteiger partial charge in [0.2, 0.25) is 0 Å². The Morgan fingerprint density at radius 3 is 2.82 bits per heavy atom. The van der Waals surface area contributed by atoms with Crippen LogP contribution in [-0.2, 0) is 0 Å². The highest BCUT2D eigenvalue weighted by Gasteiger charge is 2.19. The highest BCUT2D eigenvalue weighted by molar-refractivity contribution is 9.10. The Kier molecular flexibility index (Phi) is 4.69. The van der Waals surface area contributed by atoms with E-state index in [1.165, 1.54) is 25.7 Å². The number of hydrogen-bond donors (Lipinski definition) is 0. The van der Waals surface area contributed by atoms with Crippen LogP contribution in [0.25, 0.3) is 0 Å². The SMILES string of the molecule is C[C@H]1CC[C@H](COc2cc(Cl)ncc2Br)CC1. The molecular formula is C13H17BrClNO. The molecule has 1 aromatic heterocycles. The Labute approximate surface area is 116 Å². The van der Waals surface area contributed by atoms with Crippen LogP contribution in [0, 0.1) is 11.8 Å². The van der Waals surface area contributed by atoms with Gasteiger partial charge in [0.1, 0.15) is 10.9 Å². The highest BCUT2D eigenvalue weighted by Crippen LogP contribution is 2.31. The van der Waals surface area contributed by atoms with Gasteiger partial charge in [0.15, 0.2) is 0 Å². The van der Waals surface area contributed by atoms with Gasteiger partial charge in [0.25, 0.3) is 0 Å². The molecule has 4 heteroatoms. The smallest absolute Gasteiger partial charge is 0.138 e. The quantitative estimate of drug-likeness (QED) is 0.753. The second kappa shape index (κ2) is 6.05. The van der Waals surface area contributed by atoms with E-state index in [9.17, 15) is 0 Å². The van der Waals surface area contributed by atoms with E-state index in [1.807, 2.05) is 0 Å². The molecule has 0 saturated heterocycles. The summed E-state index contributed by atoms with van der Waals surface area (Å²) in [6.07, 6.45) is 6.88. The van der Waals surface area contributed by atoms with E-state index in [0.717, 1.165) is 22.7 Å². The molecule has 1 aliphatic carbocycles. The predicted molar refractivity (Wildman–Crippen MR) is 73.6 cm³/mol. The highest BCUT2D eigenvalue weighted by atomic mass is 79.9. The zero-order valence-corrected chi connectivity index (χ0v) is 12.3. The van der Waals surface area contributed by atoms with Crippen molar-refractivity contribution in [3.8, 4) is 5.75 Å². The lowest BCUT2D eigenvalue weighted by Gasteiger charge is -2.26. The normalized spacial score (nSPS) is 24.6. The van der Waals surface area contributed by atoms with Crippen molar-refractivity contribution in [1.29, 1.82) is 0 Å². The van der Waals surface area contributed by atoms with Crippen LogP contribution in [0.4, 0.5) is 0 Å². The molecule has 1 saturated carbocycles. The summed E-state index contributed by atoms with van der Waals surface area (Å²) in [7, 11) is 0. The van der Waals surface area contributed by atoms with Crippen LogP contribution in [0.2, 0.25) is 5.15 Å². The minimum Gasteiger partial charge on any atom is -0.492 e. The number of aromatic nitrogens is 1. The molecule has 0 N–H and O–H groups in total. The van der Waals surface area contributed by atoms with Gasteiger partial charge in [-0.1, -0.05) is 31.4 Å². The molecule has 1 fully saturated rings. The third-order valence-corrected chi connectivity index (χ3v) is 4.20. The van der Waals surface area contributed by atoms with Gasteiger partial charge in [0, 0.05) is 12.3 Å². The summed E-state index contributed by atoms with van der Waals surface area (Å²) in [6.45, 7) is 3.11. The van der Waals surface area contributed by atoms with Gasteiger partial charge in [0.05, 0.1) is 11.1 Å². The molecular weight excluding hydrogens is 302 g/mol. The zero-order chi connectivity index (χ0) is 12.3. The van der Waals surface area contributed by atoms with Crippen LogP contribution in [0.15, 0.2) is 16.7 Å². The van der Waals surface area contributed by atoms with Gasteiger partial charge in [-0.2, -0.15) is 0 Å². The molecule has 1 aromatic rings. The lowest BCUT2D eigenvalue weighted by molar-refractivity contribution is 0.187. The topological polar surface area (TPSA) is 22.1 Å². The van der Waals surface area contributed by atoms with Crippen molar-refractivity contribution in [1.82, 2.24) is 4.98 Å². The van der Waals surface area contributed by atoms with E-state index in [-0.39, 0.29) is 0 Å². The van der Waals surface area contributed by atoms with Gasteiger partial charge < -0.3 is 4.74 Å². The number of halogens is 2. The van der Waals surface area contributed by atoms with Crippen molar-refractivity contribution in [2.45, 2.75) is 32.6 Å². The molecule has 2 nitrogen and oxygen atoms in total. The summed E-state index contributed by atoms with van der Waals surface area (Å²) >= 11 is 9.26. The number of pyridine rings is 1. The maximum atomic E-state index is 5.85. The fourth-order valence-electron chi connectivity index (χ4n) is 2.21. The van der Waals surface area contributed by atoms with Gasteiger partial charge >= 0.3 is 0 Å². The largest absolute Gasteiger partial charge is 0.492 e. The second-order valence-corrected chi connectivity index (χ2v) is 6.12. The van der Waals surface area contributed by atoms with Crippen LogP contribution in [0.5, 0.6) is 5.75 Å². The number of ether oxygens (including phenoxy) is 1. The lowest BCUT2D eigenvalue weighted by Crippen LogP contribution is -2.18. The summed E-state index contributed by atoms with van der Waals surface area (Å²) in [6, 6.07) is 1.76. The first-order chi connectivity index (χ1) is 8.15. The molecule has 1 aliphatic rings. The fourth-order valence-corrected chi connectivity index (χ4v) is 2.69. The van der Waals surface area contributed by atoms with Gasteiger partial charge in [-0.05, 0) is 40.6 Å². The molecule has 0 aliphatic heterocycles. The number of nitrogens with zero attached hydrogens (tertiary/aromatic N) is 1. The summed E-state index contributed by atoms with van der Waals surface area (Å²) in [5.74, 6) is 2.36. The summed E-state index contributed by atoms with van der Waals surface area (Å²) in [4.78, 5) is 3.98. The van der Waals surface area contributed by atoms with E-state index < -0.39 is 0 Å². The number of rotatable bonds is 3. The van der Waals surface area contributed by atoms with Crippen molar-refractivity contribution < 1.29 is 4.74 Å². The van der Waals surface area contributed by atoms with Crippen LogP contribution in [0.3, 0.4) is 0 Å². The molecule has 0 amide bonds. The van der Waals surface area contributed by atoms with E-state index in [2.05, 4.69) is 27.8 Å².